The molecule has 0 aromatic heterocycles. The summed E-state index contributed by atoms with van der Waals surface area (Å²) in [5.41, 5.74) is 2.41. The summed E-state index contributed by atoms with van der Waals surface area (Å²) in [6, 6.07) is 22.6. The normalized spacial score (nSPS) is 11.7. The molecule has 1 N–H and O–H groups in total. The Morgan fingerprint density at radius 1 is 0.897 bits per heavy atom. The van der Waals surface area contributed by atoms with Gasteiger partial charge in [0, 0.05) is 5.56 Å². The number of methoxy groups -OCH3 is 1. The average molecular weight is 397 g/mol. The molecule has 0 saturated carbocycles. The van der Waals surface area contributed by atoms with Crippen LogP contribution in [0.3, 0.4) is 0 Å². The maximum Gasteiger partial charge on any atom is 0.387 e. The zero-order valence-electron chi connectivity index (χ0n) is 15.8. The highest BCUT2D eigenvalue weighted by Gasteiger charge is 2.18. The Morgan fingerprint density at radius 3 is 2.17 bits per heavy atom. The first-order valence-electron chi connectivity index (χ1n) is 9.08. The molecule has 1 atom stereocenters. The molecule has 0 aliphatic carbocycles. The Kier molecular flexibility index (Phi) is 6.79. The van der Waals surface area contributed by atoms with E-state index in [1.54, 1.807) is 25.3 Å². The second-order valence-electron chi connectivity index (χ2n) is 6.35. The van der Waals surface area contributed by atoms with Gasteiger partial charge in [-0.15, -0.1) is 0 Å². The van der Waals surface area contributed by atoms with Crippen molar-refractivity contribution in [3.05, 3.63) is 95.6 Å². The summed E-state index contributed by atoms with van der Waals surface area (Å²) in [4.78, 5) is 12.8. The van der Waals surface area contributed by atoms with Crippen LogP contribution < -0.4 is 14.8 Å². The Morgan fingerprint density at radius 2 is 1.52 bits per heavy atom. The molecule has 6 heteroatoms. The van der Waals surface area contributed by atoms with Crippen molar-refractivity contribution in [3.8, 4) is 11.5 Å². The SMILES string of the molecule is COc1ccccc1CC(=O)N[C@@H](c1ccccc1)c1ccc(OC(F)F)cc1. The molecule has 3 aromatic rings. The van der Waals surface area contributed by atoms with E-state index in [1.165, 1.54) is 12.1 Å². The number of halogens is 2. The van der Waals surface area contributed by atoms with Crippen LogP contribution in [0.4, 0.5) is 8.78 Å². The number of para-hydroxylation sites is 1. The molecule has 0 aliphatic heterocycles. The lowest BCUT2D eigenvalue weighted by atomic mass is 9.98. The Balaban J connectivity index is 1.82. The third-order valence-electron chi connectivity index (χ3n) is 4.42. The first kappa shape index (κ1) is 20.3. The van der Waals surface area contributed by atoms with Crippen LogP contribution in [-0.2, 0) is 11.2 Å². The van der Waals surface area contributed by atoms with Gasteiger partial charge in [0.05, 0.1) is 19.6 Å². The summed E-state index contributed by atoms with van der Waals surface area (Å²) in [6.45, 7) is -2.88. The van der Waals surface area contributed by atoms with Crippen LogP contribution in [0.5, 0.6) is 11.5 Å². The number of amides is 1. The summed E-state index contributed by atoms with van der Waals surface area (Å²) in [5.74, 6) is 0.527. The van der Waals surface area contributed by atoms with E-state index in [0.717, 1.165) is 16.7 Å². The van der Waals surface area contributed by atoms with E-state index in [0.29, 0.717) is 5.75 Å². The molecule has 0 radical (unpaired) electrons. The number of alkyl halides is 2. The molecule has 3 aromatic carbocycles. The van der Waals surface area contributed by atoms with Gasteiger partial charge in [0.2, 0.25) is 5.91 Å². The predicted octanol–water partition coefficient (Wildman–Crippen LogP) is 4.74. The van der Waals surface area contributed by atoms with Crippen LogP contribution in [-0.4, -0.2) is 19.6 Å². The molecule has 1 amide bonds. The highest BCUT2D eigenvalue weighted by atomic mass is 19.3. The van der Waals surface area contributed by atoms with E-state index in [1.807, 2.05) is 48.5 Å². The molecule has 4 nitrogen and oxygen atoms in total. The van der Waals surface area contributed by atoms with E-state index in [9.17, 15) is 13.6 Å². The van der Waals surface area contributed by atoms with Crippen molar-refractivity contribution in [2.45, 2.75) is 19.1 Å². The highest BCUT2D eigenvalue weighted by molar-refractivity contribution is 5.80. The summed E-state index contributed by atoms with van der Waals surface area (Å²) in [7, 11) is 1.56. The van der Waals surface area contributed by atoms with Crippen LogP contribution in [0, 0.1) is 0 Å². The van der Waals surface area contributed by atoms with Crippen LogP contribution in [0.1, 0.15) is 22.7 Å². The fourth-order valence-electron chi connectivity index (χ4n) is 3.08. The molecule has 0 fully saturated rings. The molecule has 0 saturated heterocycles. The average Bonchev–Trinajstić information content (AvgIpc) is 2.73. The zero-order chi connectivity index (χ0) is 20.6. The van der Waals surface area contributed by atoms with Gasteiger partial charge in [-0.1, -0.05) is 60.7 Å². The fourth-order valence-corrected chi connectivity index (χ4v) is 3.08. The third-order valence-corrected chi connectivity index (χ3v) is 4.42. The lowest BCUT2D eigenvalue weighted by Gasteiger charge is -2.20. The first-order chi connectivity index (χ1) is 14.1. The zero-order valence-corrected chi connectivity index (χ0v) is 15.8. The maximum atomic E-state index is 12.8. The van der Waals surface area contributed by atoms with Crippen molar-refractivity contribution in [2.75, 3.05) is 7.11 Å². The summed E-state index contributed by atoms with van der Waals surface area (Å²) in [6.07, 6.45) is 0.153. The van der Waals surface area contributed by atoms with Gasteiger partial charge >= 0.3 is 6.61 Å². The van der Waals surface area contributed by atoms with Crippen molar-refractivity contribution in [2.24, 2.45) is 0 Å². The van der Waals surface area contributed by atoms with Crippen molar-refractivity contribution in [1.82, 2.24) is 5.32 Å². The van der Waals surface area contributed by atoms with Gasteiger partial charge in [-0.05, 0) is 29.3 Å². The first-order valence-corrected chi connectivity index (χ1v) is 9.08. The molecule has 0 aliphatic rings. The van der Waals surface area contributed by atoms with Crippen molar-refractivity contribution >= 4 is 5.91 Å². The van der Waals surface area contributed by atoms with E-state index in [4.69, 9.17) is 4.74 Å². The minimum atomic E-state index is -2.88. The molecule has 0 unspecified atom stereocenters. The van der Waals surface area contributed by atoms with Gasteiger partial charge in [-0.25, -0.2) is 0 Å². The second-order valence-corrected chi connectivity index (χ2v) is 6.35. The van der Waals surface area contributed by atoms with Crippen LogP contribution in [0.15, 0.2) is 78.9 Å². The van der Waals surface area contributed by atoms with Crippen molar-refractivity contribution < 1.29 is 23.0 Å². The van der Waals surface area contributed by atoms with Crippen LogP contribution in [0.25, 0.3) is 0 Å². The minimum Gasteiger partial charge on any atom is -0.496 e. The molecular weight excluding hydrogens is 376 g/mol. The van der Waals surface area contributed by atoms with Crippen molar-refractivity contribution in [3.63, 3.8) is 0 Å². The van der Waals surface area contributed by atoms with Crippen molar-refractivity contribution in [1.29, 1.82) is 0 Å². The monoisotopic (exact) mass is 397 g/mol. The topological polar surface area (TPSA) is 47.6 Å². The largest absolute Gasteiger partial charge is 0.496 e. The number of benzene rings is 3. The Labute approximate surface area is 168 Å². The fraction of sp³-hybridized carbons (Fsp3) is 0.174. The quantitative estimate of drug-likeness (QED) is 0.597. The lowest BCUT2D eigenvalue weighted by molar-refractivity contribution is -0.121. The Bertz CT molecular complexity index is 930. The maximum absolute atomic E-state index is 12.8. The molecule has 0 bridgehead atoms. The molecule has 3 rings (SSSR count). The summed E-state index contributed by atoms with van der Waals surface area (Å²) >= 11 is 0. The second kappa shape index (κ2) is 9.68. The van der Waals surface area contributed by atoms with Gasteiger partial charge in [0.15, 0.2) is 0 Å². The molecular formula is C23H21F2NO3. The van der Waals surface area contributed by atoms with E-state index < -0.39 is 12.7 Å². The lowest BCUT2D eigenvalue weighted by Crippen LogP contribution is -2.30. The van der Waals surface area contributed by atoms with Crippen LogP contribution >= 0.6 is 0 Å². The van der Waals surface area contributed by atoms with Crippen LogP contribution in [0.2, 0.25) is 0 Å². The number of rotatable bonds is 8. The summed E-state index contributed by atoms with van der Waals surface area (Å²) < 4.78 is 34.5. The molecule has 0 spiro atoms. The van der Waals surface area contributed by atoms with Gasteiger partial charge in [0.1, 0.15) is 11.5 Å². The van der Waals surface area contributed by atoms with Gasteiger partial charge in [0.25, 0.3) is 0 Å². The number of carbonyl (C=O) groups is 1. The van der Waals surface area contributed by atoms with E-state index in [2.05, 4.69) is 10.1 Å². The summed E-state index contributed by atoms with van der Waals surface area (Å²) in [5, 5.41) is 3.03. The smallest absolute Gasteiger partial charge is 0.387 e. The van der Waals surface area contributed by atoms with Gasteiger partial charge in [-0.2, -0.15) is 8.78 Å². The number of carbonyl (C=O) groups excluding carboxylic acids is 1. The highest BCUT2D eigenvalue weighted by Crippen LogP contribution is 2.25. The number of nitrogens with one attached hydrogen (secondary N) is 1. The number of hydrogen-bond donors (Lipinski definition) is 1. The van der Waals surface area contributed by atoms with Gasteiger partial charge in [-0.3, -0.25) is 4.79 Å². The standard InChI is InChI=1S/C23H21F2NO3/c1-28-20-10-6-5-9-18(20)15-21(27)26-22(16-7-3-2-4-8-16)17-11-13-19(14-12-17)29-23(24)25/h2-14,22-23H,15H2,1H3,(H,26,27)/t22-/m0/s1. The molecule has 29 heavy (non-hydrogen) atoms. The third kappa shape index (κ3) is 5.54. The number of hydrogen-bond acceptors (Lipinski definition) is 3. The van der Waals surface area contributed by atoms with Gasteiger partial charge < -0.3 is 14.8 Å². The van der Waals surface area contributed by atoms with E-state index >= 15 is 0 Å². The van der Waals surface area contributed by atoms with E-state index in [-0.39, 0.29) is 18.1 Å². The molecule has 150 valence electrons. The Hall–Kier alpha value is -3.41. The number of ether oxygens (including phenoxy) is 2. The minimum absolute atomic E-state index is 0.0657. The molecule has 0 heterocycles. The predicted molar refractivity (Wildman–Crippen MR) is 106 cm³/mol.